The van der Waals surface area contributed by atoms with Crippen LogP contribution >= 0.6 is 0 Å². The van der Waals surface area contributed by atoms with E-state index in [0.29, 0.717) is 5.56 Å². The van der Waals surface area contributed by atoms with Gasteiger partial charge in [0, 0.05) is 0 Å². The average Bonchev–Trinajstić information content (AvgIpc) is 2.79. The Balaban J connectivity index is 2.02. The van der Waals surface area contributed by atoms with Crippen molar-refractivity contribution in [3.63, 3.8) is 0 Å². The van der Waals surface area contributed by atoms with Gasteiger partial charge >= 0.3 is 0 Å². The highest BCUT2D eigenvalue weighted by molar-refractivity contribution is 7.85. The molecule has 0 bridgehead atoms. The molecule has 0 spiro atoms. The molecule has 0 atom stereocenters. The van der Waals surface area contributed by atoms with Crippen LogP contribution in [0.1, 0.15) is 27.8 Å². The minimum absolute atomic E-state index is 0.0771. The lowest BCUT2D eigenvalue weighted by Gasteiger charge is -2.13. The first-order chi connectivity index (χ1) is 12.5. The summed E-state index contributed by atoms with van der Waals surface area (Å²) < 4.78 is 33.1. The molecule has 0 aliphatic heterocycles. The Labute approximate surface area is 153 Å². The molecule has 0 aromatic heterocycles. The number of rotatable bonds is 2. The van der Waals surface area contributed by atoms with E-state index in [1.165, 1.54) is 17.2 Å². The van der Waals surface area contributed by atoms with E-state index in [0.717, 1.165) is 29.5 Å². The monoisotopic (exact) mass is 362 g/mol. The molecule has 1 N–H and O–H groups in total. The highest BCUT2D eigenvalue weighted by Gasteiger charge is 2.19. The number of fused-ring (bicyclic) bond motifs is 2. The zero-order valence-electron chi connectivity index (χ0n) is 14.1. The van der Waals surface area contributed by atoms with Crippen LogP contribution in [0.3, 0.4) is 0 Å². The molecule has 0 fully saturated rings. The van der Waals surface area contributed by atoms with Crippen LogP contribution in [0.4, 0.5) is 0 Å². The van der Waals surface area contributed by atoms with Gasteiger partial charge in [0.1, 0.15) is 4.90 Å². The molecule has 0 saturated heterocycles. The molecule has 3 aromatic rings. The molecule has 1 aliphatic rings. The van der Waals surface area contributed by atoms with Crippen LogP contribution in [0.25, 0.3) is 11.6 Å². The minimum atomic E-state index is -4.29. The third-order valence-electron chi connectivity index (χ3n) is 4.78. The summed E-state index contributed by atoms with van der Waals surface area (Å²) in [5.74, 6) is 0. The summed E-state index contributed by atoms with van der Waals surface area (Å²) in [4.78, 5) is -0.0771. The van der Waals surface area contributed by atoms with E-state index in [-0.39, 0.29) is 4.90 Å². The first-order valence-corrected chi connectivity index (χ1v) is 9.93. The first-order valence-electron chi connectivity index (χ1n) is 8.49. The Morgan fingerprint density at radius 3 is 1.81 bits per heavy atom. The molecule has 4 rings (SSSR count). The minimum Gasteiger partial charge on any atom is -0.282 e. The summed E-state index contributed by atoms with van der Waals surface area (Å²) in [5, 5.41) is 0. The zero-order valence-corrected chi connectivity index (χ0v) is 14.9. The van der Waals surface area contributed by atoms with Gasteiger partial charge in [0.2, 0.25) is 0 Å². The predicted octanol–water partition coefficient (Wildman–Crippen LogP) is 4.62. The Bertz CT molecular complexity index is 1060. The summed E-state index contributed by atoms with van der Waals surface area (Å²) in [5.41, 5.74) is 6.13. The lowest BCUT2D eigenvalue weighted by atomic mass is 9.92. The van der Waals surface area contributed by atoms with Crippen molar-refractivity contribution in [2.75, 3.05) is 0 Å². The molecule has 1 aliphatic carbocycles. The van der Waals surface area contributed by atoms with Crippen LogP contribution in [-0.2, 0) is 23.0 Å². The Hall–Kier alpha value is -2.69. The van der Waals surface area contributed by atoms with Crippen LogP contribution in [0.5, 0.6) is 0 Å². The fraction of sp³-hybridized carbons (Fsp3) is 0.0909. The maximum atomic E-state index is 11.8. The summed E-state index contributed by atoms with van der Waals surface area (Å²) in [6, 6.07) is 22.9. The molecule has 3 aromatic carbocycles. The molecule has 0 radical (unpaired) electrons. The number of benzene rings is 3. The van der Waals surface area contributed by atoms with Gasteiger partial charge in [0.15, 0.2) is 0 Å². The maximum absolute atomic E-state index is 11.8. The molecule has 0 unspecified atom stereocenters. The zero-order chi connectivity index (χ0) is 18.1. The van der Waals surface area contributed by atoms with Gasteiger partial charge in [-0.25, -0.2) is 0 Å². The maximum Gasteiger partial charge on any atom is 0.295 e. The molecular formula is C22H18O3S. The van der Waals surface area contributed by atoms with Crippen molar-refractivity contribution in [1.29, 1.82) is 0 Å². The third-order valence-corrected chi connectivity index (χ3v) is 5.70. The van der Waals surface area contributed by atoms with Crippen LogP contribution in [-0.4, -0.2) is 13.0 Å². The van der Waals surface area contributed by atoms with Crippen molar-refractivity contribution in [1.82, 2.24) is 0 Å². The largest absolute Gasteiger partial charge is 0.295 e. The van der Waals surface area contributed by atoms with Crippen LogP contribution in [0, 0.1) is 0 Å². The van der Waals surface area contributed by atoms with Crippen molar-refractivity contribution < 1.29 is 13.0 Å². The van der Waals surface area contributed by atoms with Gasteiger partial charge in [0.25, 0.3) is 10.1 Å². The molecule has 3 nitrogen and oxygen atoms in total. The second kappa shape index (κ2) is 6.56. The quantitative estimate of drug-likeness (QED) is 0.677. The standard InChI is InChI=1S/C22H18O3S/c23-26(24,25)22-12-6-3-9-18(22)15-21-19-10-4-1-7-16(19)13-14-17-8-2-5-11-20(17)21/h1-12,15H,13-14H2,(H,23,24,25). The normalized spacial score (nSPS) is 13.5. The van der Waals surface area contributed by atoms with Crippen molar-refractivity contribution >= 4 is 21.8 Å². The first kappa shape index (κ1) is 16.8. The summed E-state index contributed by atoms with van der Waals surface area (Å²) in [6.45, 7) is 0. The van der Waals surface area contributed by atoms with Crippen molar-refractivity contribution in [3.8, 4) is 0 Å². The fourth-order valence-corrected chi connectivity index (χ4v) is 4.24. The van der Waals surface area contributed by atoms with Gasteiger partial charge in [-0.15, -0.1) is 0 Å². The SMILES string of the molecule is O=S(=O)(O)c1ccccc1C=C1c2ccccc2CCc2ccccc21. The Morgan fingerprint density at radius 1 is 0.731 bits per heavy atom. The van der Waals surface area contributed by atoms with Crippen LogP contribution in [0.15, 0.2) is 77.7 Å². The van der Waals surface area contributed by atoms with E-state index in [2.05, 4.69) is 24.3 Å². The highest BCUT2D eigenvalue weighted by Crippen LogP contribution is 2.35. The lowest BCUT2D eigenvalue weighted by Crippen LogP contribution is -2.01. The van der Waals surface area contributed by atoms with E-state index in [1.54, 1.807) is 18.2 Å². The van der Waals surface area contributed by atoms with E-state index in [4.69, 9.17) is 0 Å². The Kier molecular flexibility index (Phi) is 4.23. The smallest absolute Gasteiger partial charge is 0.282 e. The van der Waals surface area contributed by atoms with Crippen molar-refractivity contribution in [2.45, 2.75) is 17.7 Å². The van der Waals surface area contributed by atoms with E-state index in [9.17, 15) is 13.0 Å². The van der Waals surface area contributed by atoms with Gasteiger partial charge in [-0.05, 0) is 58.4 Å². The van der Waals surface area contributed by atoms with Crippen LogP contribution in [0.2, 0.25) is 0 Å². The van der Waals surface area contributed by atoms with Crippen molar-refractivity contribution in [3.05, 3.63) is 101 Å². The van der Waals surface area contributed by atoms with Crippen molar-refractivity contribution in [2.24, 2.45) is 0 Å². The van der Waals surface area contributed by atoms with Gasteiger partial charge in [-0.3, -0.25) is 4.55 Å². The number of aryl methyl sites for hydroxylation is 2. The molecule has 26 heavy (non-hydrogen) atoms. The molecule has 4 heteroatoms. The third kappa shape index (κ3) is 3.09. The van der Waals surface area contributed by atoms with E-state index in [1.807, 2.05) is 30.3 Å². The highest BCUT2D eigenvalue weighted by atomic mass is 32.2. The second-order valence-corrected chi connectivity index (χ2v) is 7.78. The number of hydrogen-bond acceptors (Lipinski definition) is 2. The molecular weight excluding hydrogens is 344 g/mol. The topological polar surface area (TPSA) is 54.4 Å². The lowest BCUT2D eigenvalue weighted by molar-refractivity contribution is 0.483. The summed E-state index contributed by atoms with van der Waals surface area (Å²) in [7, 11) is -4.29. The summed E-state index contributed by atoms with van der Waals surface area (Å²) in [6.07, 6.45) is 3.74. The van der Waals surface area contributed by atoms with Gasteiger partial charge < -0.3 is 0 Å². The van der Waals surface area contributed by atoms with Gasteiger partial charge in [-0.1, -0.05) is 66.7 Å². The summed E-state index contributed by atoms with van der Waals surface area (Å²) >= 11 is 0. The van der Waals surface area contributed by atoms with E-state index >= 15 is 0 Å². The second-order valence-electron chi connectivity index (χ2n) is 6.39. The van der Waals surface area contributed by atoms with Gasteiger partial charge in [0.05, 0.1) is 0 Å². The van der Waals surface area contributed by atoms with Gasteiger partial charge in [-0.2, -0.15) is 8.42 Å². The van der Waals surface area contributed by atoms with Crippen LogP contribution < -0.4 is 0 Å². The fourth-order valence-electron chi connectivity index (χ4n) is 3.56. The molecule has 130 valence electrons. The molecule has 0 amide bonds. The molecule has 0 heterocycles. The number of hydrogen-bond donors (Lipinski definition) is 1. The average molecular weight is 362 g/mol. The molecule has 0 saturated carbocycles. The predicted molar refractivity (Wildman–Crippen MR) is 104 cm³/mol. The van der Waals surface area contributed by atoms with E-state index < -0.39 is 10.1 Å². The Morgan fingerprint density at radius 2 is 1.23 bits per heavy atom.